The van der Waals surface area contributed by atoms with Crippen molar-refractivity contribution in [1.82, 2.24) is 9.91 Å². The number of likely N-dealkylation sites (N-methyl/N-ethyl adjacent to an activating group) is 1. The number of halogens is 1. The zero-order valence-corrected chi connectivity index (χ0v) is 14.4. The Morgan fingerprint density at radius 1 is 1.08 bits per heavy atom. The molecule has 2 heterocycles. The summed E-state index contributed by atoms with van der Waals surface area (Å²) >= 11 is 6.19. The molecule has 0 spiro atoms. The van der Waals surface area contributed by atoms with Crippen LogP contribution in [0.2, 0.25) is 5.02 Å². The molecule has 2 aliphatic heterocycles. The highest BCUT2D eigenvalue weighted by Gasteiger charge is 2.27. The van der Waals surface area contributed by atoms with Gasteiger partial charge in [-0.1, -0.05) is 36.7 Å². The Morgan fingerprint density at radius 2 is 1.88 bits per heavy atom. The first-order chi connectivity index (χ1) is 12.4. The fourth-order valence-electron chi connectivity index (χ4n) is 3.26. The first-order valence-electron chi connectivity index (χ1n) is 9.16. The van der Waals surface area contributed by atoms with Gasteiger partial charge in [-0.25, -0.2) is 5.01 Å². The van der Waals surface area contributed by atoms with Gasteiger partial charge < -0.3 is 4.90 Å². The molecule has 2 aromatic rings. The summed E-state index contributed by atoms with van der Waals surface area (Å²) < 4.78 is 15.9. The molecule has 1 fully saturated rings. The average molecular weight is 343 g/mol. The Kier molecular flexibility index (Phi) is 3.66. The first kappa shape index (κ1) is 13.4. The normalized spacial score (nSPS) is 20.0. The van der Waals surface area contributed by atoms with Crippen molar-refractivity contribution in [3.63, 3.8) is 0 Å². The molecule has 0 bridgehead atoms. The molecule has 2 aromatic carbocycles. The maximum Gasteiger partial charge on any atom is 0.0896 e. The molecule has 0 atom stereocenters. The van der Waals surface area contributed by atoms with E-state index in [1.54, 1.807) is 6.92 Å². The van der Waals surface area contributed by atoms with E-state index >= 15 is 0 Å². The molecular weight excluding hydrogens is 320 g/mol. The lowest BCUT2D eigenvalue weighted by Crippen LogP contribution is -2.52. The summed E-state index contributed by atoms with van der Waals surface area (Å²) in [6.07, 6.45) is 1.88. The second-order valence-corrected chi connectivity index (χ2v) is 6.36. The van der Waals surface area contributed by atoms with Crippen molar-refractivity contribution < 1.29 is 2.74 Å². The number of benzene rings is 2. The highest BCUT2D eigenvalue weighted by atomic mass is 35.5. The Labute approximate surface area is 150 Å². The van der Waals surface area contributed by atoms with Crippen molar-refractivity contribution >= 4 is 34.9 Å². The summed E-state index contributed by atoms with van der Waals surface area (Å²) in [5.74, 6) is 0. The van der Waals surface area contributed by atoms with E-state index in [2.05, 4.69) is 27.1 Å². The average Bonchev–Trinajstić information content (AvgIpc) is 2.78. The first-order valence-corrected chi connectivity index (χ1v) is 8.54. The summed E-state index contributed by atoms with van der Waals surface area (Å²) in [5, 5.41) is 5.13. The molecule has 0 aromatic heterocycles. The smallest absolute Gasteiger partial charge is 0.0896 e. The Bertz CT molecular complexity index is 842. The third kappa shape index (κ3) is 2.81. The van der Waals surface area contributed by atoms with Crippen LogP contribution in [0.3, 0.4) is 0 Å². The second kappa shape index (κ2) is 6.55. The Hall–Kier alpha value is -1.88. The van der Waals surface area contributed by atoms with Crippen molar-refractivity contribution in [3.05, 3.63) is 53.1 Å². The van der Waals surface area contributed by atoms with Gasteiger partial charge in [0.2, 0.25) is 0 Å². The van der Waals surface area contributed by atoms with E-state index in [1.807, 2.05) is 41.4 Å². The van der Waals surface area contributed by atoms with E-state index < -0.39 is 6.50 Å². The van der Waals surface area contributed by atoms with E-state index in [0.717, 1.165) is 35.7 Å². The summed E-state index contributed by atoms with van der Waals surface area (Å²) in [6.45, 7) is 3.15. The van der Waals surface area contributed by atoms with Crippen LogP contribution in [0, 0.1) is 0 Å². The molecule has 1 saturated heterocycles. The summed E-state index contributed by atoms with van der Waals surface area (Å²) in [5.41, 5.74) is 3.95. The second-order valence-electron chi connectivity index (χ2n) is 5.93. The number of rotatable bonds is 2. The zero-order valence-electron chi connectivity index (χ0n) is 15.6. The third-order valence-electron chi connectivity index (χ3n) is 4.53. The van der Waals surface area contributed by atoms with E-state index in [0.29, 0.717) is 18.1 Å². The Balaban J connectivity index is 1.73. The van der Waals surface area contributed by atoms with Crippen LogP contribution in [-0.4, -0.2) is 48.8 Å². The van der Waals surface area contributed by atoms with Crippen LogP contribution in [-0.2, 0) is 0 Å². The van der Waals surface area contributed by atoms with Crippen LogP contribution >= 0.6 is 11.6 Å². The van der Waals surface area contributed by atoms with E-state index in [1.165, 1.54) is 0 Å². The van der Waals surface area contributed by atoms with Crippen LogP contribution in [0.4, 0.5) is 17.1 Å². The lowest BCUT2D eigenvalue weighted by atomic mass is 10.1. The van der Waals surface area contributed by atoms with Crippen molar-refractivity contribution in [3.8, 4) is 0 Å². The predicted molar refractivity (Wildman–Crippen MR) is 101 cm³/mol. The molecule has 0 unspecified atom stereocenters. The minimum Gasteiger partial charge on any atom is -0.301 e. The number of piperazine rings is 1. The Morgan fingerprint density at radius 3 is 2.67 bits per heavy atom. The molecule has 24 heavy (non-hydrogen) atoms. The quantitative estimate of drug-likeness (QED) is 0.820. The topological polar surface area (TPSA) is 22.1 Å². The zero-order chi connectivity index (χ0) is 18.3. The van der Waals surface area contributed by atoms with Gasteiger partial charge in [0.25, 0.3) is 0 Å². The monoisotopic (exact) mass is 342 g/mol. The van der Waals surface area contributed by atoms with Crippen molar-refractivity contribution in [2.45, 2.75) is 6.92 Å². The maximum absolute atomic E-state index is 7.96. The van der Waals surface area contributed by atoms with E-state index in [4.69, 9.17) is 14.3 Å². The molecule has 124 valence electrons. The number of aliphatic imine (C=N–C) groups is 1. The number of anilines is 2. The number of hydrazine groups is 1. The molecule has 0 N–H and O–H groups in total. The summed E-state index contributed by atoms with van der Waals surface area (Å²) in [6, 6.07) is 14.0. The van der Waals surface area contributed by atoms with Crippen LogP contribution in [0.25, 0.3) is 0 Å². The summed E-state index contributed by atoms with van der Waals surface area (Å²) in [4.78, 5) is 6.52. The van der Waals surface area contributed by atoms with Crippen molar-refractivity contribution in [2.24, 2.45) is 4.99 Å². The largest absolute Gasteiger partial charge is 0.301 e. The van der Waals surface area contributed by atoms with Gasteiger partial charge in [0, 0.05) is 45.7 Å². The molecule has 5 heteroatoms. The predicted octanol–water partition coefficient (Wildman–Crippen LogP) is 4.09. The van der Waals surface area contributed by atoms with Gasteiger partial charge in [0.15, 0.2) is 0 Å². The highest BCUT2D eigenvalue weighted by molar-refractivity contribution is 6.31. The molecule has 2 aliphatic rings. The van der Waals surface area contributed by atoms with Crippen LogP contribution < -0.4 is 5.01 Å². The van der Waals surface area contributed by atoms with Gasteiger partial charge in [-0.15, -0.1) is 0 Å². The van der Waals surface area contributed by atoms with Gasteiger partial charge in [-0.05, 0) is 30.8 Å². The fourth-order valence-corrected chi connectivity index (χ4v) is 3.43. The van der Waals surface area contributed by atoms with Gasteiger partial charge >= 0.3 is 0 Å². The fraction of sp³-hybridized carbons (Fsp3) is 0.316. The molecule has 0 aliphatic carbocycles. The van der Waals surface area contributed by atoms with E-state index in [-0.39, 0.29) is 0 Å². The molecule has 4 rings (SSSR count). The van der Waals surface area contributed by atoms with Crippen molar-refractivity contribution in [1.29, 1.82) is 0 Å². The SMILES string of the molecule is [2H]C([2H])(C)N1CCN(N2c3ccccc3C=Nc3cc(Cl)ccc32)CC1. The number of para-hydroxylation sites is 1. The molecular formula is C19H21ClN4. The van der Waals surface area contributed by atoms with Crippen LogP contribution in [0.1, 0.15) is 15.2 Å². The standard InChI is InChI=1S/C19H21ClN4/c1-2-22-9-11-23(12-10-22)24-18-6-4-3-5-15(18)14-21-17-13-16(20)7-8-19(17)24/h3-8,13-14H,2,9-12H2,1H3/i2D2. The highest BCUT2D eigenvalue weighted by Crippen LogP contribution is 2.40. The molecule has 0 saturated carbocycles. The number of nitrogens with zero attached hydrogens (tertiary/aromatic N) is 4. The van der Waals surface area contributed by atoms with Gasteiger partial charge in [-0.2, -0.15) is 0 Å². The lowest BCUT2D eigenvalue weighted by molar-refractivity contribution is 0.138. The number of hydrogen-bond donors (Lipinski definition) is 0. The van der Waals surface area contributed by atoms with Gasteiger partial charge in [0.1, 0.15) is 0 Å². The minimum atomic E-state index is -1.29. The number of fused-ring (bicyclic) bond motifs is 2. The van der Waals surface area contributed by atoms with Crippen LogP contribution in [0.15, 0.2) is 47.5 Å². The minimum absolute atomic E-state index is 0.663. The summed E-state index contributed by atoms with van der Waals surface area (Å²) in [7, 11) is 0. The number of hydrogen-bond acceptors (Lipinski definition) is 4. The molecule has 4 nitrogen and oxygen atoms in total. The molecule has 0 amide bonds. The van der Waals surface area contributed by atoms with Crippen LogP contribution in [0.5, 0.6) is 0 Å². The molecule has 0 radical (unpaired) electrons. The lowest BCUT2D eigenvalue weighted by Gasteiger charge is -2.42. The maximum atomic E-state index is 7.96. The van der Waals surface area contributed by atoms with Gasteiger partial charge in [0.05, 0.1) is 17.1 Å². The van der Waals surface area contributed by atoms with Gasteiger partial charge in [-0.3, -0.25) is 10.0 Å². The van der Waals surface area contributed by atoms with E-state index in [9.17, 15) is 0 Å². The third-order valence-corrected chi connectivity index (χ3v) is 4.76. The van der Waals surface area contributed by atoms with Crippen molar-refractivity contribution in [2.75, 3.05) is 37.7 Å².